The van der Waals surface area contributed by atoms with E-state index in [1.165, 1.54) is 76.7 Å². The van der Waals surface area contributed by atoms with E-state index in [4.69, 9.17) is 0 Å². The zero-order chi connectivity index (χ0) is 24.8. The van der Waals surface area contributed by atoms with Gasteiger partial charge in [0.15, 0.2) is 0 Å². The topological polar surface area (TPSA) is 9.34 Å². The number of rotatable bonds is 2. The van der Waals surface area contributed by atoms with Crippen molar-refractivity contribution >= 4 is 59.9 Å². The first-order valence-corrected chi connectivity index (χ1v) is 13.1. The minimum Gasteiger partial charge on any atom is -0.295 e. The molecule has 0 spiro atoms. The average Bonchev–Trinajstić information content (AvgIpc) is 3.61. The van der Waals surface area contributed by atoms with Crippen molar-refractivity contribution in [1.82, 2.24) is 8.97 Å². The highest BCUT2D eigenvalue weighted by Gasteiger charge is 2.25. The number of hydrogen-bond donors (Lipinski definition) is 0. The van der Waals surface area contributed by atoms with E-state index in [1.54, 1.807) is 0 Å². The number of nitrogens with zero attached hydrogens (tertiary/aromatic N) is 2. The Morgan fingerprint density at radius 2 is 1.08 bits per heavy atom. The van der Waals surface area contributed by atoms with Crippen LogP contribution in [0.25, 0.3) is 76.7 Å². The molecule has 0 saturated heterocycles. The molecule has 0 saturated carbocycles. The summed E-state index contributed by atoms with van der Waals surface area (Å²) in [5, 5.41) is 9.18. The Balaban J connectivity index is 1.54. The first-order chi connectivity index (χ1) is 18.9. The Kier molecular flexibility index (Phi) is 3.82. The molecule has 0 atom stereocenters. The summed E-state index contributed by atoms with van der Waals surface area (Å²) < 4.78 is 4.98. The molecule has 0 aliphatic carbocycles. The van der Waals surface area contributed by atoms with Gasteiger partial charge in [-0.25, -0.2) is 0 Å². The van der Waals surface area contributed by atoms with Crippen LogP contribution in [0.1, 0.15) is 0 Å². The molecule has 3 aromatic heterocycles. The maximum atomic E-state index is 2.51. The highest BCUT2D eigenvalue weighted by atomic mass is 15.1. The highest BCUT2D eigenvalue weighted by molar-refractivity contribution is 6.34. The molecular formula is C36H22N2. The van der Waals surface area contributed by atoms with E-state index in [0.717, 1.165) is 0 Å². The fraction of sp³-hybridized carbons (Fsp3) is 0. The van der Waals surface area contributed by atoms with Crippen molar-refractivity contribution in [2.45, 2.75) is 0 Å². The second-order valence-electron chi connectivity index (χ2n) is 10.2. The zero-order valence-electron chi connectivity index (χ0n) is 20.6. The Hall–Kier alpha value is -5.08. The van der Waals surface area contributed by atoms with Crippen molar-refractivity contribution in [3.05, 3.63) is 133 Å². The summed E-state index contributed by atoms with van der Waals surface area (Å²) in [7, 11) is 0. The van der Waals surface area contributed by atoms with Gasteiger partial charge in [-0.2, -0.15) is 0 Å². The summed E-state index contributed by atoms with van der Waals surface area (Å²) in [6.07, 6.45) is 0. The first-order valence-electron chi connectivity index (χ1n) is 13.1. The van der Waals surface area contributed by atoms with E-state index in [9.17, 15) is 0 Å². The number of benzene rings is 6. The molecule has 6 aromatic carbocycles. The van der Waals surface area contributed by atoms with E-state index in [-0.39, 0.29) is 0 Å². The van der Waals surface area contributed by atoms with Gasteiger partial charge in [0.05, 0.1) is 16.6 Å². The molecule has 0 bridgehead atoms. The predicted molar refractivity (Wildman–Crippen MR) is 161 cm³/mol. The van der Waals surface area contributed by atoms with E-state index < -0.39 is 0 Å². The third-order valence-corrected chi connectivity index (χ3v) is 8.20. The molecule has 176 valence electrons. The van der Waals surface area contributed by atoms with Crippen LogP contribution >= 0.6 is 0 Å². The molecule has 38 heavy (non-hydrogen) atoms. The lowest BCUT2D eigenvalue weighted by Gasteiger charge is -2.11. The molecular weight excluding hydrogens is 460 g/mol. The van der Waals surface area contributed by atoms with E-state index in [0.29, 0.717) is 0 Å². The molecule has 0 fully saturated rings. The summed E-state index contributed by atoms with van der Waals surface area (Å²) in [6, 6.07) is 48.5. The summed E-state index contributed by atoms with van der Waals surface area (Å²) in [5.74, 6) is 0. The van der Waals surface area contributed by atoms with Gasteiger partial charge in [0.1, 0.15) is 5.65 Å². The predicted octanol–water partition coefficient (Wildman–Crippen LogP) is 9.60. The smallest absolute Gasteiger partial charge is 0.131 e. The van der Waals surface area contributed by atoms with Gasteiger partial charge in [-0.15, -0.1) is 0 Å². The van der Waals surface area contributed by atoms with Crippen LogP contribution < -0.4 is 0 Å². The van der Waals surface area contributed by atoms with Crippen molar-refractivity contribution in [3.8, 4) is 16.8 Å². The summed E-state index contributed by atoms with van der Waals surface area (Å²) in [5.41, 5.74) is 8.65. The van der Waals surface area contributed by atoms with Crippen LogP contribution in [-0.2, 0) is 0 Å². The van der Waals surface area contributed by atoms with E-state index >= 15 is 0 Å². The van der Waals surface area contributed by atoms with Gasteiger partial charge in [-0.05, 0) is 52.2 Å². The first kappa shape index (κ1) is 20.0. The van der Waals surface area contributed by atoms with Crippen molar-refractivity contribution < 1.29 is 0 Å². The van der Waals surface area contributed by atoms with Crippen LogP contribution in [0, 0.1) is 0 Å². The minimum atomic E-state index is 1.17. The number of hydrogen-bond acceptors (Lipinski definition) is 0. The van der Waals surface area contributed by atoms with E-state index in [2.05, 4.69) is 142 Å². The maximum Gasteiger partial charge on any atom is 0.131 e. The van der Waals surface area contributed by atoms with Gasteiger partial charge in [0, 0.05) is 32.6 Å². The molecule has 0 radical (unpaired) electrons. The fourth-order valence-electron chi connectivity index (χ4n) is 6.67. The SMILES string of the molecule is c1ccc(-c2cccc(-n3c4ccccc4c4c5cc6ccccc6c6c7ccccc7n(c56)c43)c2)cc1. The molecule has 0 aliphatic heterocycles. The Morgan fingerprint density at radius 1 is 0.421 bits per heavy atom. The Labute approximate surface area is 218 Å². The van der Waals surface area contributed by atoms with Crippen molar-refractivity contribution in [2.24, 2.45) is 0 Å². The molecule has 3 heterocycles. The van der Waals surface area contributed by atoms with Crippen LogP contribution in [0.5, 0.6) is 0 Å². The molecule has 2 heteroatoms. The number of para-hydroxylation sites is 2. The standard InChI is InChI=1S/C36H22N2/c1-2-11-23(12-3-1)24-14-10-15-26(21-24)37-31-19-8-7-18-29(31)34-30-22-25-13-4-5-16-27(25)33-28-17-6-9-20-32(28)38(35(30)33)36(34)37/h1-22H. The Bertz CT molecular complexity index is 2330. The summed E-state index contributed by atoms with van der Waals surface area (Å²) >= 11 is 0. The Morgan fingerprint density at radius 3 is 1.92 bits per heavy atom. The molecule has 0 aliphatic rings. The van der Waals surface area contributed by atoms with Crippen LogP contribution in [0.3, 0.4) is 0 Å². The molecule has 9 rings (SSSR count). The molecule has 9 aromatic rings. The van der Waals surface area contributed by atoms with Crippen molar-refractivity contribution in [3.63, 3.8) is 0 Å². The van der Waals surface area contributed by atoms with Gasteiger partial charge in [0.2, 0.25) is 0 Å². The summed E-state index contributed by atoms with van der Waals surface area (Å²) in [6.45, 7) is 0. The molecule has 0 unspecified atom stereocenters. The van der Waals surface area contributed by atoms with Gasteiger partial charge in [-0.3, -0.25) is 8.97 Å². The highest BCUT2D eigenvalue weighted by Crippen LogP contribution is 2.46. The lowest BCUT2D eigenvalue weighted by Crippen LogP contribution is -1.97. The molecule has 2 nitrogen and oxygen atoms in total. The minimum absolute atomic E-state index is 1.17. The normalized spacial score (nSPS) is 12.2. The average molecular weight is 483 g/mol. The van der Waals surface area contributed by atoms with E-state index in [1.807, 2.05) is 0 Å². The third-order valence-electron chi connectivity index (χ3n) is 8.20. The van der Waals surface area contributed by atoms with Crippen LogP contribution in [-0.4, -0.2) is 8.97 Å². The number of fused-ring (bicyclic) bond motifs is 10. The summed E-state index contributed by atoms with van der Waals surface area (Å²) in [4.78, 5) is 0. The van der Waals surface area contributed by atoms with Gasteiger partial charge in [-0.1, -0.05) is 103 Å². The van der Waals surface area contributed by atoms with Crippen molar-refractivity contribution in [2.75, 3.05) is 0 Å². The monoisotopic (exact) mass is 482 g/mol. The van der Waals surface area contributed by atoms with Crippen LogP contribution in [0.15, 0.2) is 133 Å². The van der Waals surface area contributed by atoms with Crippen LogP contribution in [0.4, 0.5) is 0 Å². The largest absolute Gasteiger partial charge is 0.295 e. The quantitative estimate of drug-likeness (QED) is 0.232. The van der Waals surface area contributed by atoms with Gasteiger partial charge < -0.3 is 0 Å². The second-order valence-corrected chi connectivity index (χ2v) is 10.2. The van der Waals surface area contributed by atoms with Crippen LogP contribution in [0.2, 0.25) is 0 Å². The zero-order valence-corrected chi connectivity index (χ0v) is 20.6. The second kappa shape index (κ2) is 7.24. The fourth-order valence-corrected chi connectivity index (χ4v) is 6.67. The lowest BCUT2D eigenvalue weighted by atomic mass is 10.00. The lowest BCUT2D eigenvalue weighted by molar-refractivity contribution is 1.13. The number of aromatic nitrogens is 2. The molecule has 0 amide bonds. The van der Waals surface area contributed by atoms with Gasteiger partial charge >= 0.3 is 0 Å². The maximum absolute atomic E-state index is 2.51. The molecule has 0 N–H and O–H groups in total. The van der Waals surface area contributed by atoms with Gasteiger partial charge in [0.25, 0.3) is 0 Å². The third kappa shape index (κ3) is 2.47. The van der Waals surface area contributed by atoms with Crippen molar-refractivity contribution in [1.29, 1.82) is 0 Å².